The molecule has 0 bridgehead atoms. The van der Waals surface area contributed by atoms with Crippen LogP contribution in [0, 0.1) is 21.4 Å². The van der Waals surface area contributed by atoms with Crippen molar-refractivity contribution in [2.24, 2.45) is 0 Å². The second-order valence-electron chi connectivity index (χ2n) is 5.30. The first-order valence-electron chi connectivity index (χ1n) is 7.40. The van der Waals surface area contributed by atoms with Crippen LogP contribution in [-0.2, 0) is 0 Å². The van der Waals surface area contributed by atoms with Gasteiger partial charge in [-0.25, -0.2) is 0 Å². The molecule has 0 spiro atoms. The molecule has 0 saturated carbocycles. The summed E-state index contributed by atoms with van der Waals surface area (Å²) in [7, 11) is 0. The molecule has 0 unspecified atom stereocenters. The van der Waals surface area contributed by atoms with Crippen LogP contribution in [0.3, 0.4) is 0 Å². The predicted octanol–water partition coefficient (Wildman–Crippen LogP) is 6.33. The molecule has 128 valence electrons. The van der Waals surface area contributed by atoms with Gasteiger partial charge in [-0.1, -0.05) is 39.7 Å². The Morgan fingerprint density at radius 3 is 2.54 bits per heavy atom. The maximum Gasteiger partial charge on any atom is 0.270 e. The number of halogens is 2. The van der Waals surface area contributed by atoms with E-state index in [1.54, 1.807) is 18.2 Å². The molecule has 0 amide bonds. The summed E-state index contributed by atoms with van der Waals surface area (Å²) in [6, 6.07) is 17.1. The summed E-state index contributed by atoms with van der Waals surface area (Å²) in [4.78, 5) is 10.3. The summed E-state index contributed by atoms with van der Waals surface area (Å²) in [6.45, 7) is 0. The van der Waals surface area contributed by atoms with E-state index in [1.807, 2.05) is 24.3 Å². The Morgan fingerprint density at radius 1 is 1.19 bits per heavy atom. The van der Waals surface area contributed by atoms with Crippen LogP contribution in [-0.4, -0.2) is 4.92 Å². The van der Waals surface area contributed by atoms with Crippen molar-refractivity contribution in [3.8, 4) is 17.4 Å². The average molecular weight is 430 g/mol. The van der Waals surface area contributed by atoms with Gasteiger partial charge in [0.25, 0.3) is 5.69 Å². The van der Waals surface area contributed by atoms with Crippen molar-refractivity contribution in [3.05, 3.63) is 85.5 Å². The van der Waals surface area contributed by atoms with Gasteiger partial charge in [-0.05, 0) is 42.0 Å². The van der Waals surface area contributed by atoms with Crippen LogP contribution in [0.4, 0.5) is 5.69 Å². The predicted molar refractivity (Wildman–Crippen MR) is 103 cm³/mol. The number of hydrogen-bond donors (Lipinski definition) is 0. The van der Waals surface area contributed by atoms with Gasteiger partial charge in [0, 0.05) is 22.2 Å². The number of nitro benzene ring substituents is 1. The first-order chi connectivity index (χ1) is 12.5. The molecule has 26 heavy (non-hydrogen) atoms. The Bertz CT molecular complexity index is 1050. The lowest BCUT2D eigenvalue weighted by Crippen LogP contribution is -1.88. The van der Waals surface area contributed by atoms with Crippen LogP contribution in [0.1, 0.15) is 11.3 Å². The molecule has 5 nitrogen and oxygen atoms in total. The summed E-state index contributed by atoms with van der Waals surface area (Å²) in [5.41, 5.74) is 1.67. The molecule has 3 aromatic rings. The molecule has 0 aliphatic carbocycles. The van der Waals surface area contributed by atoms with E-state index in [1.165, 1.54) is 18.2 Å². The summed E-state index contributed by atoms with van der Waals surface area (Å²) in [6.07, 6.45) is 1.63. The van der Waals surface area contributed by atoms with E-state index in [-0.39, 0.29) is 10.7 Å². The summed E-state index contributed by atoms with van der Waals surface area (Å²) >= 11 is 9.48. The molecule has 0 aliphatic heterocycles. The first-order valence-corrected chi connectivity index (χ1v) is 8.57. The van der Waals surface area contributed by atoms with Crippen LogP contribution in [0.2, 0.25) is 5.02 Å². The zero-order valence-corrected chi connectivity index (χ0v) is 15.5. The van der Waals surface area contributed by atoms with E-state index >= 15 is 0 Å². The van der Waals surface area contributed by atoms with Gasteiger partial charge < -0.3 is 4.42 Å². The third kappa shape index (κ3) is 3.85. The number of rotatable bonds is 4. The molecule has 0 saturated heterocycles. The summed E-state index contributed by atoms with van der Waals surface area (Å²) < 4.78 is 6.66. The van der Waals surface area contributed by atoms with Crippen molar-refractivity contribution in [3.63, 3.8) is 0 Å². The van der Waals surface area contributed by atoms with Crippen molar-refractivity contribution in [2.75, 3.05) is 0 Å². The fraction of sp³-hybridized carbons (Fsp3) is 0. The summed E-state index contributed by atoms with van der Waals surface area (Å²) in [5, 5.41) is 20.4. The highest BCUT2D eigenvalue weighted by Gasteiger charge is 2.13. The van der Waals surface area contributed by atoms with E-state index in [0.29, 0.717) is 22.7 Å². The van der Waals surface area contributed by atoms with Crippen molar-refractivity contribution in [1.82, 2.24) is 0 Å². The number of hydrogen-bond acceptors (Lipinski definition) is 4. The fourth-order valence-electron chi connectivity index (χ4n) is 2.34. The lowest BCUT2D eigenvalue weighted by atomic mass is 10.1. The molecule has 1 heterocycles. The Balaban J connectivity index is 1.93. The molecule has 0 N–H and O–H groups in total. The topological polar surface area (TPSA) is 80.1 Å². The van der Waals surface area contributed by atoms with E-state index in [0.717, 1.165) is 10.0 Å². The first kappa shape index (κ1) is 17.9. The number of benzene rings is 2. The Morgan fingerprint density at radius 2 is 1.92 bits per heavy atom. The standard InChI is InChI=1S/C19H10BrClN2O3/c20-14-3-1-12(2-4-14)13(11-22)9-16-6-8-19(26-16)17-7-5-15(23(24)25)10-18(17)21/h1-10H/b13-9-. The SMILES string of the molecule is N#C/C(=C/c1ccc(-c2ccc([N+](=O)[O-])cc2Cl)o1)c1ccc(Br)cc1. The van der Waals surface area contributed by atoms with Crippen molar-refractivity contribution in [1.29, 1.82) is 5.26 Å². The van der Waals surface area contributed by atoms with Gasteiger partial charge in [-0.3, -0.25) is 10.1 Å². The second kappa shape index (κ2) is 7.56. The minimum absolute atomic E-state index is 0.0903. The lowest BCUT2D eigenvalue weighted by molar-refractivity contribution is -0.384. The van der Waals surface area contributed by atoms with Crippen LogP contribution >= 0.6 is 27.5 Å². The number of non-ortho nitro benzene ring substituents is 1. The van der Waals surface area contributed by atoms with Gasteiger partial charge in [0.15, 0.2) is 0 Å². The average Bonchev–Trinajstić information content (AvgIpc) is 3.08. The molecule has 3 rings (SSSR count). The monoisotopic (exact) mass is 428 g/mol. The van der Waals surface area contributed by atoms with E-state index in [9.17, 15) is 15.4 Å². The number of allylic oxidation sites excluding steroid dienone is 1. The van der Waals surface area contributed by atoms with E-state index in [2.05, 4.69) is 22.0 Å². The van der Waals surface area contributed by atoms with Crippen LogP contribution in [0.15, 0.2) is 63.5 Å². The van der Waals surface area contributed by atoms with Crippen molar-refractivity contribution < 1.29 is 9.34 Å². The van der Waals surface area contributed by atoms with Gasteiger partial charge in [-0.15, -0.1) is 0 Å². The van der Waals surface area contributed by atoms with Gasteiger partial charge in [0.2, 0.25) is 0 Å². The normalized spacial score (nSPS) is 11.2. The molecular formula is C19H10BrClN2O3. The lowest BCUT2D eigenvalue weighted by Gasteiger charge is -2.01. The van der Waals surface area contributed by atoms with Crippen LogP contribution < -0.4 is 0 Å². The van der Waals surface area contributed by atoms with Crippen molar-refractivity contribution in [2.45, 2.75) is 0 Å². The Labute approximate surface area is 162 Å². The maximum absolute atomic E-state index is 10.8. The number of furan rings is 1. The van der Waals surface area contributed by atoms with Gasteiger partial charge in [0.1, 0.15) is 11.5 Å². The quantitative estimate of drug-likeness (QED) is 0.275. The number of nitrogens with zero attached hydrogens (tertiary/aromatic N) is 2. The molecule has 0 atom stereocenters. The minimum Gasteiger partial charge on any atom is -0.457 e. The highest BCUT2D eigenvalue weighted by atomic mass is 79.9. The van der Waals surface area contributed by atoms with Crippen molar-refractivity contribution >= 4 is 44.9 Å². The maximum atomic E-state index is 10.8. The van der Waals surface area contributed by atoms with Gasteiger partial charge in [0.05, 0.1) is 21.6 Å². The summed E-state index contributed by atoms with van der Waals surface area (Å²) in [5.74, 6) is 0.943. The molecule has 1 aromatic heterocycles. The number of nitriles is 1. The van der Waals surface area contributed by atoms with Gasteiger partial charge >= 0.3 is 0 Å². The smallest absolute Gasteiger partial charge is 0.270 e. The minimum atomic E-state index is -0.511. The number of nitro groups is 1. The highest BCUT2D eigenvalue weighted by molar-refractivity contribution is 9.10. The van der Waals surface area contributed by atoms with E-state index < -0.39 is 4.92 Å². The molecule has 0 aliphatic rings. The third-order valence-electron chi connectivity index (χ3n) is 3.62. The second-order valence-corrected chi connectivity index (χ2v) is 6.62. The zero-order chi connectivity index (χ0) is 18.7. The Kier molecular flexibility index (Phi) is 5.21. The largest absolute Gasteiger partial charge is 0.457 e. The fourth-order valence-corrected chi connectivity index (χ4v) is 2.88. The molecule has 0 fully saturated rings. The molecule has 7 heteroatoms. The highest BCUT2D eigenvalue weighted by Crippen LogP contribution is 2.33. The molecule has 0 radical (unpaired) electrons. The third-order valence-corrected chi connectivity index (χ3v) is 4.46. The zero-order valence-electron chi connectivity index (χ0n) is 13.1. The van der Waals surface area contributed by atoms with Crippen LogP contribution in [0.5, 0.6) is 0 Å². The van der Waals surface area contributed by atoms with E-state index in [4.69, 9.17) is 16.0 Å². The van der Waals surface area contributed by atoms with Crippen LogP contribution in [0.25, 0.3) is 23.0 Å². The molecular weight excluding hydrogens is 420 g/mol. The molecule has 2 aromatic carbocycles. The Hall–Kier alpha value is -2.88. The van der Waals surface area contributed by atoms with Gasteiger partial charge in [-0.2, -0.15) is 5.26 Å².